The monoisotopic (exact) mass is 480 g/mol. The van der Waals surface area contributed by atoms with E-state index in [0.29, 0.717) is 48.9 Å². The number of benzene rings is 1. The SMILES string of the molecule is CCCN(CCC)S(=O)(=O)c1c(C)nn(CC(=O)NCCc2ccc(OC)c(OC)c2)c1C. The van der Waals surface area contributed by atoms with Crippen molar-refractivity contribution in [1.29, 1.82) is 0 Å². The molecule has 1 heterocycles. The van der Waals surface area contributed by atoms with Crippen LogP contribution in [0.2, 0.25) is 0 Å². The molecular weight excluding hydrogens is 444 g/mol. The lowest BCUT2D eigenvalue weighted by Gasteiger charge is -2.21. The van der Waals surface area contributed by atoms with E-state index in [0.717, 1.165) is 18.4 Å². The third-order valence-corrected chi connectivity index (χ3v) is 7.49. The van der Waals surface area contributed by atoms with Gasteiger partial charge >= 0.3 is 0 Å². The van der Waals surface area contributed by atoms with E-state index in [-0.39, 0.29) is 17.3 Å². The van der Waals surface area contributed by atoms with Crippen LogP contribution in [0.5, 0.6) is 11.5 Å². The lowest BCUT2D eigenvalue weighted by Crippen LogP contribution is -2.33. The van der Waals surface area contributed by atoms with E-state index in [1.54, 1.807) is 28.1 Å². The maximum Gasteiger partial charge on any atom is 0.246 e. The van der Waals surface area contributed by atoms with Gasteiger partial charge in [0.25, 0.3) is 0 Å². The summed E-state index contributed by atoms with van der Waals surface area (Å²) in [5, 5.41) is 7.22. The fourth-order valence-electron chi connectivity index (χ4n) is 3.76. The van der Waals surface area contributed by atoms with E-state index in [1.807, 2.05) is 32.0 Å². The van der Waals surface area contributed by atoms with Gasteiger partial charge in [-0.05, 0) is 50.8 Å². The molecule has 1 aromatic carbocycles. The molecule has 1 N–H and O–H groups in total. The maximum atomic E-state index is 13.2. The molecule has 184 valence electrons. The molecule has 0 saturated heterocycles. The standard InChI is InChI=1S/C23H36N4O5S/c1-7-13-26(14-8-2)33(29,30)23-17(3)25-27(18(23)4)16-22(28)24-12-11-19-9-10-20(31-5)21(15-19)32-6/h9-10,15H,7-8,11-14,16H2,1-6H3,(H,24,28). The minimum atomic E-state index is -3.67. The summed E-state index contributed by atoms with van der Waals surface area (Å²) in [7, 11) is -0.510. The van der Waals surface area contributed by atoms with Crippen molar-refractivity contribution in [2.24, 2.45) is 0 Å². The van der Waals surface area contributed by atoms with Gasteiger partial charge in [0.15, 0.2) is 11.5 Å². The van der Waals surface area contributed by atoms with E-state index in [1.165, 1.54) is 8.99 Å². The zero-order chi connectivity index (χ0) is 24.6. The highest BCUT2D eigenvalue weighted by atomic mass is 32.2. The van der Waals surface area contributed by atoms with Gasteiger partial charge in [-0.1, -0.05) is 19.9 Å². The zero-order valence-corrected chi connectivity index (χ0v) is 21.3. The van der Waals surface area contributed by atoms with E-state index in [9.17, 15) is 13.2 Å². The molecule has 2 rings (SSSR count). The van der Waals surface area contributed by atoms with Gasteiger partial charge in [-0.25, -0.2) is 8.42 Å². The number of nitrogens with one attached hydrogen (secondary N) is 1. The molecule has 0 unspecified atom stereocenters. The van der Waals surface area contributed by atoms with Crippen molar-refractivity contribution in [3.8, 4) is 11.5 Å². The number of carbonyl (C=O) groups excluding carboxylic acids is 1. The van der Waals surface area contributed by atoms with Crippen LogP contribution in [-0.4, -0.2) is 62.3 Å². The van der Waals surface area contributed by atoms with Crippen molar-refractivity contribution in [3.63, 3.8) is 0 Å². The summed E-state index contributed by atoms with van der Waals surface area (Å²) in [6.07, 6.45) is 2.08. The number of ether oxygens (including phenoxy) is 2. The van der Waals surface area contributed by atoms with Gasteiger partial charge in [0.05, 0.1) is 25.6 Å². The Labute approximate surface area is 197 Å². The fourth-order valence-corrected chi connectivity index (χ4v) is 5.76. The van der Waals surface area contributed by atoms with E-state index in [2.05, 4.69) is 10.4 Å². The van der Waals surface area contributed by atoms with Gasteiger partial charge in [0, 0.05) is 19.6 Å². The third kappa shape index (κ3) is 6.48. The Morgan fingerprint density at radius 3 is 2.30 bits per heavy atom. The second-order valence-corrected chi connectivity index (χ2v) is 9.73. The van der Waals surface area contributed by atoms with Crippen molar-refractivity contribution < 1.29 is 22.7 Å². The number of aryl methyl sites for hydroxylation is 1. The third-order valence-electron chi connectivity index (χ3n) is 5.34. The average molecular weight is 481 g/mol. The van der Waals surface area contributed by atoms with Crippen LogP contribution < -0.4 is 14.8 Å². The molecule has 33 heavy (non-hydrogen) atoms. The van der Waals surface area contributed by atoms with Gasteiger partial charge < -0.3 is 14.8 Å². The summed E-state index contributed by atoms with van der Waals surface area (Å²) in [5.74, 6) is 1.05. The quantitative estimate of drug-likeness (QED) is 0.473. The normalized spacial score (nSPS) is 11.6. The lowest BCUT2D eigenvalue weighted by molar-refractivity contribution is -0.121. The van der Waals surface area contributed by atoms with Gasteiger partial charge in [-0.2, -0.15) is 9.40 Å². The van der Waals surface area contributed by atoms with Crippen molar-refractivity contribution >= 4 is 15.9 Å². The molecule has 0 fully saturated rings. The number of hydrogen-bond acceptors (Lipinski definition) is 6. The first kappa shape index (κ1) is 26.7. The number of aromatic nitrogens is 2. The second kappa shape index (κ2) is 12.0. The highest BCUT2D eigenvalue weighted by molar-refractivity contribution is 7.89. The fraction of sp³-hybridized carbons (Fsp3) is 0.565. The van der Waals surface area contributed by atoms with Crippen molar-refractivity contribution in [3.05, 3.63) is 35.2 Å². The summed E-state index contributed by atoms with van der Waals surface area (Å²) >= 11 is 0. The molecule has 0 saturated carbocycles. The lowest BCUT2D eigenvalue weighted by atomic mass is 10.1. The number of rotatable bonds is 13. The van der Waals surface area contributed by atoms with Crippen LogP contribution in [0.1, 0.15) is 43.6 Å². The highest BCUT2D eigenvalue weighted by Gasteiger charge is 2.30. The number of carbonyl (C=O) groups is 1. The molecular formula is C23H36N4O5S. The highest BCUT2D eigenvalue weighted by Crippen LogP contribution is 2.27. The Kier molecular flexibility index (Phi) is 9.72. The predicted molar refractivity (Wildman–Crippen MR) is 127 cm³/mol. The Hall–Kier alpha value is -2.59. The maximum absolute atomic E-state index is 13.2. The molecule has 0 bridgehead atoms. The summed E-state index contributed by atoms with van der Waals surface area (Å²) in [6.45, 7) is 8.56. The molecule has 0 aliphatic rings. The topological polar surface area (TPSA) is 103 Å². The molecule has 0 spiro atoms. The number of methoxy groups -OCH3 is 2. The Balaban J connectivity index is 2.06. The molecule has 9 nitrogen and oxygen atoms in total. The summed E-state index contributed by atoms with van der Waals surface area (Å²) < 4.78 is 40.0. The van der Waals surface area contributed by atoms with Gasteiger partial charge in [-0.3, -0.25) is 9.48 Å². The van der Waals surface area contributed by atoms with E-state index in [4.69, 9.17) is 9.47 Å². The minimum absolute atomic E-state index is 0.0459. The molecule has 2 aromatic rings. The molecule has 0 aliphatic carbocycles. The second-order valence-electron chi connectivity index (χ2n) is 7.85. The van der Waals surface area contributed by atoms with Crippen LogP contribution in [0.4, 0.5) is 0 Å². The van der Waals surface area contributed by atoms with Crippen LogP contribution in [-0.2, 0) is 27.8 Å². The molecule has 10 heteroatoms. The van der Waals surface area contributed by atoms with Crippen LogP contribution in [0.15, 0.2) is 23.1 Å². The minimum Gasteiger partial charge on any atom is -0.493 e. The smallest absolute Gasteiger partial charge is 0.246 e. The number of nitrogens with zero attached hydrogens (tertiary/aromatic N) is 3. The van der Waals surface area contributed by atoms with Gasteiger partial charge in [0.1, 0.15) is 11.4 Å². The molecule has 0 radical (unpaired) electrons. The molecule has 1 amide bonds. The van der Waals surface area contributed by atoms with Crippen LogP contribution in [0, 0.1) is 13.8 Å². The molecule has 0 aliphatic heterocycles. The van der Waals surface area contributed by atoms with Gasteiger partial charge in [-0.15, -0.1) is 0 Å². The van der Waals surface area contributed by atoms with Crippen LogP contribution in [0.25, 0.3) is 0 Å². The number of sulfonamides is 1. The first-order chi connectivity index (χ1) is 15.7. The average Bonchev–Trinajstić information content (AvgIpc) is 3.06. The Morgan fingerprint density at radius 1 is 1.09 bits per heavy atom. The summed E-state index contributed by atoms with van der Waals surface area (Å²) in [5.41, 5.74) is 1.88. The van der Waals surface area contributed by atoms with E-state index >= 15 is 0 Å². The van der Waals surface area contributed by atoms with Gasteiger partial charge in [0.2, 0.25) is 15.9 Å². The molecule has 0 atom stereocenters. The Bertz CT molecular complexity index is 1040. The predicted octanol–water partition coefficient (Wildman–Crippen LogP) is 2.69. The van der Waals surface area contributed by atoms with Crippen LogP contribution >= 0.6 is 0 Å². The van der Waals surface area contributed by atoms with Crippen molar-refractivity contribution in [2.75, 3.05) is 33.9 Å². The number of amides is 1. The largest absolute Gasteiger partial charge is 0.493 e. The Morgan fingerprint density at radius 2 is 1.73 bits per heavy atom. The summed E-state index contributed by atoms with van der Waals surface area (Å²) in [6, 6.07) is 5.62. The van der Waals surface area contributed by atoms with Crippen molar-refractivity contribution in [2.45, 2.75) is 58.4 Å². The summed E-state index contributed by atoms with van der Waals surface area (Å²) in [4.78, 5) is 12.7. The molecule has 1 aromatic heterocycles. The first-order valence-electron chi connectivity index (χ1n) is 11.2. The zero-order valence-electron chi connectivity index (χ0n) is 20.5. The first-order valence-corrected chi connectivity index (χ1v) is 12.6. The van der Waals surface area contributed by atoms with E-state index < -0.39 is 10.0 Å². The van der Waals surface area contributed by atoms with Crippen LogP contribution in [0.3, 0.4) is 0 Å². The number of hydrogen-bond donors (Lipinski definition) is 1. The van der Waals surface area contributed by atoms with Crippen molar-refractivity contribution in [1.82, 2.24) is 19.4 Å².